The van der Waals surface area contributed by atoms with E-state index in [2.05, 4.69) is 0 Å². The third-order valence-corrected chi connectivity index (χ3v) is 0. The van der Waals surface area contributed by atoms with Gasteiger partial charge in [0.15, 0.2) is 0 Å². The predicted molar refractivity (Wildman–Crippen MR) is 37.4 cm³/mol. The Balaban J connectivity index is 0. The second-order valence-corrected chi connectivity index (χ2v) is 0. The van der Waals surface area contributed by atoms with Crippen LogP contribution in [-0.4, -0.2) is 65.2 Å². The molecular weight excluding hydrogens is 360 g/mol. The quantitative estimate of drug-likeness (QED) is 0.402. The van der Waals surface area contributed by atoms with Gasteiger partial charge in [0.1, 0.15) is 0 Å². The molecule has 0 amide bonds. The van der Waals surface area contributed by atoms with Crippen LogP contribution in [0.3, 0.4) is 0 Å². The predicted octanol–water partition coefficient (Wildman–Crippen LogP) is -2.90. The van der Waals surface area contributed by atoms with E-state index in [0.29, 0.717) is 0 Å². The minimum absolute atomic E-state index is 0. The Labute approximate surface area is 77.6 Å². The zero-order valence-corrected chi connectivity index (χ0v) is 12.2. The van der Waals surface area contributed by atoms with Crippen molar-refractivity contribution in [3.8, 4) is 0 Å². The summed E-state index contributed by atoms with van der Waals surface area (Å²) in [7, 11) is 0. The van der Waals surface area contributed by atoms with E-state index in [1.165, 1.54) is 0 Å². The second kappa shape index (κ2) is 17.9. The van der Waals surface area contributed by atoms with E-state index < -0.39 is 0 Å². The molecule has 0 aliphatic heterocycles. The molecule has 0 aromatic carbocycles. The molecule has 0 fully saturated rings. The van der Waals surface area contributed by atoms with Gasteiger partial charge in [-0.25, -0.2) is 0 Å². The Hall–Kier alpha value is 2.48. The molecule has 0 aromatic rings. The molecular formula is H9SSbSeTe. The van der Waals surface area contributed by atoms with Crippen LogP contribution >= 0.6 is 13.5 Å². The first kappa shape index (κ1) is 31.7. The Morgan fingerprint density at radius 3 is 1.00 bits per heavy atom. The first-order valence-corrected chi connectivity index (χ1v) is 0. The fourth-order valence-corrected chi connectivity index (χ4v) is 0. The van der Waals surface area contributed by atoms with Gasteiger partial charge in [-0.1, -0.05) is 0 Å². The summed E-state index contributed by atoms with van der Waals surface area (Å²) in [4.78, 5) is 0. The van der Waals surface area contributed by atoms with Crippen LogP contribution in [0.4, 0.5) is 0 Å². The van der Waals surface area contributed by atoms with Crippen molar-refractivity contribution in [1.29, 1.82) is 0 Å². The van der Waals surface area contributed by atoms with Crippen LogP contribution in [0.15, 0.2) is 0 Å². The molecule has 0 radical (unpaired) electrons. The van der Waals surface area contributed by atoms with Crippen molar-refractivity contribution < 1.29 is 0 Å². The van der Waals surface area contributed by atoms with Gasteiger partial charge in [-0.05, 0) is 0 Å². The summed E-state index contributed by atoms with van der Waals surface area (Å²) in [6.45, 7) is 0. The van der Waals surface area contributed by atoms with Gasteiger partial charge in [0.2, 0.25) is 0 Å². The number of rotatable bonds is 0. The van der Waals surface area contributed by atoms with E-state index >= 15 is 0 Å². The Bertz CT molecular complexity index is 8.00. The summed E-state index contributed by atoms with van der Waals surface area (Å²) in [5, 5.41) is 0. The van der Waals surface area contributed by atoms with Gasteiger partial charge in [-0.15, -0.1) is 0 Å². The maximum atomic E-state index is 0. The summed E-state index contributed by atoms with van der Waals surface area (Å²) in [5.74, 6) is 0. The Morgan fingerprint density at radius 2 is 1.00 bits per heavy atom. The molecule has 0 nitrogen and oxygen atoms in total. The molecule has 0 aromatic heterocycles. The summed E-state index contributed by atoms with van der Waals surface area (Å²) in [6.07, 6.45) is 0. The van der Waals surface area contributed by atoms with E-state index in [-0.39, 0.29) is 78.7 Å². The van der Waals surface area contributed by atoms with Crippen LogP contribution in [0.5, 0.6) is 0 Å². The first-order chi connectivity index (χ1) is 0. The standard InChI is InChI=1S/H2S.Sb.H2Se.H2Te.3H/h1H2;;2*1H2;;;. The summed E-state index contributed by atoms with van der Waals surface area (Å²) < 4.78 is 0. The maximum absolute atomic E-state index is 0. The zero-order chi connectivity index (χ0) is 0. The van der Waals surface area contributed by atoms with Gasteiger partial charge in [0.25, 0.3) is 0 Å². The Morgan fingerprint density at radius 1 is 1.00 bits per heavy atom. The van der Waals surface area contributed by atoms with Crippen LogP contribution in [-0.2, 0) is 0 Å². The Kier molecular flexibility index (Phi) is 142. The van der Waals surface area contributed by atoms with Crippen molar-refractivity contribution in [3.63, 3.8) is 0 Å². The molecule has 0 saturated carbocycles. The summed E-state index contributed by atoms with van der Waals surface area (Å²) >= 11 is 0. The molecule has 0 unspecified atom stereocenters. The van der Waals surface area contributed by atoms with E-state index in [4.69, 9.17) is 0 Å². The van der Waals surface area contributed by atoms with Crippen LogP contribution < -0.4 is 0 Å². The topological polar surface area (TPSA) is 0 Å². The minimum atomic E-state index is 0. The summed E-state index contributed by atoms with van der Waals surface area (Å²) in [6, 6.07) is 0. The molecule has 0 saturated heterocycles. The molecule has 0 aliphatic carbocycles. The molecule has 0 heterocycles. The van der Waals surface area contributed by atoms with Crippen molar-refractivity contribution in [2.45, 2.75) is 0 Å². The van der Waals surface area contributed by atoms with Gasteiger partial charge < -0.3 is 0 Å². The molecule has 0 bridgehead atoms. The fraction of sp³-hybridized carbons (Fsp3) is 0. The third-order valence-electron chi connectivity index (χ3n) is 0. The van der Waals surface area contributed by atoms with Gasteiger partial charge >= 0.3 is 65.2 Å². The molecule has 0 atom stereocenters. The van der Waals surface area contributed by atoms with E-state index in [9.17, 15) is 0 Å². The number of hydrogen-bond donors (Lipinski definition) is 0. The van der Waals surface area contributed by atoms with Crippen molar-refractivity contribution >= 4 is 78.7 Å². The van der Waals surface area contributed by atoms with Gasteiger partial charge in [0, 0.05) is 0 Å². The van der Waals surface area contributed by atoms with Gasteiger partial charge in [-0.3, -0.25) is 0 Å². The van der Waals surface area contributed by atoms with Gasteiger partial charge in [-0.2, -0.15) is 13.5 Å². The van der Waals surface area contributed by atoms with Crippen LogP contribution in [0.2, 0.25) is 0 Å². The average molecular weight is 369 g/mol. The van der Waals surface area contributed by atoms with Crippen molar-refractivity contribution in [3.05, 3.63) is 0 Å². The first-order valence-electron chi connectivity index (χ1n) is 0. The molecule has 0 spiro atoms. The van der Waals surface area contributed by atoms with Crippen LogP contribution in [0.25, 0.3) is 0 Å². The molecule has 0 rings (SSSR count). The fourth-order valence-electron chi connectivity index (χ4n) is 0. The molecule has 4 heteroatoms. The van der Waals surface area contributed by atoms with Crippen molar-refractivity contribution in [2.75, 3.05) is 0 Å². The van der Waals surface area contributed by atoms with E-state index in [1.807, 2.05) is 0 Å². The molecule has 0 N–H and O–H groups in total. The van der Waals surface area contributed by atoms with E-state index in [0.717, 1.165) is 0 Å². The van der Waals surface area contributed by atoms with Crippen molar-refractivity contribution in [1.82, 2.24) is 0 Å². The number of hydrogen-bond acceptors (Lipinski definition) is 0. The van der Waals surface area contributed by atoms with Crippen LogP contribution in [0, 0.1) is 0 Å². The second-order valence-electron chi connectivity index (χ2n) is 0. The molecule has 0 aliphatic rings. The van der Waals surface area contributed by atoms with Crippen LogP contribution in [0.1, 0.15) is 0 Å². The van der Waals surface area contributed by atoms with E-state index in [1.54, 1.807) is 0 Å². The SMILES string of the molecule is S.[SbH3].[SeH2].[TeH2]. The molecule has 4 heavy (non-hydrogen) atoms. The average Bonchev–Trinajstić information content (AvgIpc) is 0. The normalized spacial score (nSPS) is 0. The summed E-state index contributed by atoms with van der Waals surface area (Å²) in [5.41, 5.74) is 0. The van der Waals surface area contributed by atoms with Gasteiger partial charge in [0.05, 0.1) is 0 Å². The zero-order valence-electron chi connectivity index (χ0n) is 2.21. The third kappa shape index (κ3) is 8.82. The van der Waals surface area contributed by atoms with Crippen molar-refractivity contribution in [2.24, 2.45) is 0 Å². The molecule has 32 valence electrons. The monoisotopic (exact) mass is 372 g/mol.